The zero-order valence-electron chi connectivity index (χ0n) is 18.6. The molecular weight excluding hydrogens is 400 g/mol. The van der Waals surface area contributed by atoms with E-state index in [1.54, 1.807) is 6.20 Å². The largest absolute Gasteiger partial charge is 0.378 e. The second-order valence-corrected chi connectivity index (χ2v) is 9.48. The Morgan fingerprint density at radius 2 is 1.91 bits per heavy atom. The van der Waals surface area contributed by atoms with Crippen molar-refractivity contribution in [2.75, 3.05) is 0 Å². The maximum Gasteiger partial charge on any atom is 0.141 e. The summed E-state index contributed by atoms with van der Waals surface area (Å²) in [5.41, 5.74) is 4.93. The van der Waals surface area contributed by atoms with Gasteiger partial charge in [0.25, 0.3) is 0 Å². The van der Waals surface area contributed by atoms with Crippen molar-refractivity contribution < 1.29 is 9.63 Å². The van der Waals surface area contributed by atoms with Crippen LogP contribution in [0.1, 0.15) is 73.0 Å². The SMILES string of the molecule is Cc1noc(C)c1-c1cc(C(O)(c2ccccn2)C2CCCC2)c2nc(C3CC3)[nH]c2c1. The number of hydrogen-bond donors (Lipinski definition) is 2. The summed E-state index contributed by atoms with van der Waals surface area (Å²) in [7, 11) is 0. The lowest BCUT2D eigenvalue weighted by Gasteiger charge is -2.34. The molecular formula is C26H28N4O2. The number of hydrogen-bond acceptors (Lipinski definition) is 5. The Bertz CT molecular complexity index is 1260. The number of pyridine rings is 1. The van der Waals surface area contributed by atoms with Gasteiger partial charge < -0.3 is 14.6 Å². The fraction of sp³-hybridized carbons (Fsp3) is 0.423. The Hall–Kier alpha value is -2.99. The number of rotatable bonds is 5. The number of aromatic nitrogens is 4. The van der Waals surface area contributed by atoms with Crippen LogP contribution in [-0.2, 0) is 5.60 Å². The smallest absolute Gasteiger partial charge is 0.141 e. The van der Waals surface area contributed by atoms with Crippen LogP contribution in [0.3, 0.4) is 0 Å². The van der Waals surface area contributed by atoms with E-state index in [0.717, 1.165) is 70.7 Å². The molecule has 3 heterocycles. The molecule has 32 heavy (non-hydrogen) atoms. The highest BCUT2D eigenvalue weighted by molar-refractivity contribution is 5.87. The van der Waals surface area contributed by atoms with Gasteiger partial charge in [0.2, 0.25) is 0 Å². The fourth-order valence-electron chi connectivity index (χ4n) is 5.52. The van der Waals surface area contributed by atoms with Crippen LogP contribution in [0.15, 0.2) is 41.1 Å². The molecule has 0 spiro atoms. The van der Waals surface area contributed by atoms with Crippen molar-refractivity contribution >= 4 is 11.0 Å². The van der Waals surface area contributed by atoms with Gasteiger partial charge in [-0.3, -0.25) is 4.98 Å². The van der Waals surface area contributed by atoms with Crippen LogP contribution < -0.4 is 0 Å². The van der Waals surface area contributed by atoms with Gasteiger partial charge in [0.15, 0.2) is 0 Å². The number of aryl methyl sites for hydroxylation is 2. The maximum atomic E-state index is 12.5. The third-order valence-corrected chi connectivity index (χ3v) is 7.30. The van der Waals surface area contributed by atoms with E-state index in [-0.39, 0.29) is 5.92 Å². The first-order chi connectivity index (χ1) is 15.6. The molecule has 6 nitrogen and oxygen atoms in total. The predicted molar refractivity (Wildman–Crippen MR) is 122 cm³/mol. The van der Waals surface area contributed by atoms with Crippen LogP contribution in [0.4, 0.5) is 0 Å². The molecule has 0 amide bonds. The zero-order chi connectivity index (χ0) is 21.9. The Morgan fingerprint density at radius 1 is 1.09 bits per heavy atom. The molecule has 6 heteroatoms. The summed E-state index contributed by atoms with van der Waals surface area (Å²) in [6.07, 6.45) is 8.30. The molecule has 4 aromatic rings. The van der Waals surface area contributed by atoms with Crippen molar-refractivity contribution in [3.05, 3.63) is 65.1 Å². The fourth-order valence-corrected chi connectivity index (χ4v) is 5.52. The molecule has 2 fully saturated rings. The van der Waals surface area contributed by atoms with E-state index in [4.69, 9.17) is 9.51 Å². The molecule has 2 saturated carbocycles. The minimum absolute atomic E-state index is 0.0987. The Morgan fingerprint density at radius 3 is 2.56 bits per heavy atom. The molecule has 3 aromatic heterocycles. The van der Waals surface area contributed by atoms with E-state index in [2.05, 4.69) is 27.3 Å². The summed E-state index contributed by atoms with van der Waals surface area (Å²) >= 11 is 0. The molecule has 0 saturated heterocycles. The van der Waals surface area contributed by atoms with Crippen molar-refractivity contribution in [3.63, 3.8) is 0 Å². The predicted octanol–water partition coefficient (Wildman–Crippen LogP) is 5.53. The minimum atomic E-state index is -1.21. The molecule has 0 radical (unpaired) electrons. The van der Waals surface area contributed by atoms with Crippen LogP contribution in [-0.4, -0.2) is 25.2 Å². The van der Waals surface area contributed by atoms with Gasteiger partial charge in [-0.1, -0.05) is 24.1 Å². The Balaban J connectivity index is 1.65. The van der Waals surface area contributed by atoms with Gasteiger partial charge in [0, 0.05) is 23.2 Å². The summed E-state index contributed by atoms with van der Waals surface area (Å²) < 4.78 is 5.47. The van der Waals surface area contributed by atoms with Gasteiger partial charge in [-0.15, -0.1) is 0 Å². The lowest BCUT2D eigenvalue weighted by molar-refractivity contribution is 0.0160. The van der Waals surface area contributed by atoms with Gasteiger partial charge in [-0.2, -0.15) is 0 Å². The van der Waals surface area contributed by atoms with Crippen molar-refractivity contribution in [1.29, 1.82) is 0 Å². The topological polar surface area (TPSA) is 87.8 Å². The molecule has 164 valence electrons. The average molecular weight is 429 g/mol. The molecule has 1 aromatic carbocycles. The second-order valence-electron chi connectivity index (χ2n) is 9.48. The lowest BCUT2D eigenvalue weighted by Crippen LogP contribution is -2.36. The van der Waals surface area contributed by atoms with Gasteiger partial charge in [0.1, 0.15) is 17.2 Å². The summed E-state index contributed by atoms with van der Waals surface area (Å²) in [4.78, 5) is 13.2. The highest BCUT2D eigenvalue weighted by atomic mass is 16.5. The van der Waals surface area contributed by atoms with Crippen molar-refractivity contribution in [2.24, 2.45) is 5.92 Å². The van der Waals surface area contributed by atoms with Crippen LogP contribution in [0.25, 0.3) is 22.2 Å². The number of H-pyrrole nitrogens is 1. The quantitative estimate of drug-likeness (QED) is 0.436. The first kappa shape index (κ1) is 19.7. The zero-order valence-corrected chi connectivity index (χ0v) is 18.6. The summed E-state index contributed by atoms with van der Waals surface area (Å²) in [5.74, 6) is 2.39. The number of fused-ring (bicyclic) bond motifs is 1. The highest BCUT2D eigenvalue weighted by Gasteiger charge is 2.45. The van der Waals surface area contributed by atoms with E-state index in [0.29, 0.717) is 11.6 Å². The molecule has 1 unspecified atom stereocenters. The number of imidazole rings is 1. The normalized spacial score (nSPS) is 19.0. The van der Waals surface area contributed by atoms with Crippen LogP contribution in [0.2, 0.25) is 0 Å². The average Bonchev–Trinajstić information content (AvgIpc) is 3.19. The van der Waals surface area contributed by atoms with E-state index >= 15 is 0 Å². The van der Waals surface area contributed by atoms with E-state index in [1.807, 2.05) is 32.0 Å². The first-order valence-electron chi connectivity index (χ1n) is 11.7. The first-order valence-corrected chi connectivity index (χ1v) is 11.7. The number of aliphatic hydroxyl groups is 1. The van der Waals surface area contributed by atoms with Gasteiger partial charge >= 0.3 is 0 Å². The van der Waals surface area contributed by atoms with E-state index < -0.39 is 5.60 Å². The van der Waals surface area contributed by atoms with Gasteiger partial charge in [0.05, 0.1) is 22.4 Å². The summed E-state index contributed by atoms with van der Waals surface area (Å²) in [6.45, 7) is 3.89. The Kier molecular flexibility index (Phi) is 4.47. The maximum absolute atomic E-state index is 12.5. The number of benzene rings is 1. The Labute approximate surface area is 187 Å². The molecule has 2 aliphatic rings. The lowest BCUT2D eigenvalue weighted by atomic mass is 9.76. The third kappa shape index (κ3) is 3.00. The molecule has 0 aliphatic heterocycles. The standard InChI is InChI=1S/C26H28N4O2/c1-15-23(16(2)32-30-15)18-13-20(24-21(14-18)28-25(29-24)17-10-11-17)26(31,19-7-3-4-8-19)22-9-5-6-12-27-22/h5-6,9,12-14,17,19,31H,3-4,7-8,10-11H2,1-2H3,(H,28,29). The van der Waals surface area contributed by atoms with Crippen molar-refractivity contribution in [1.82, 2.24) is 20.1 Å². The minimum Gasteiger partial charge on any atom is -0.378 e. The molecule has 0 bridgehead atoms. The summed E-state index contributed by atoms with van der Waals surface area (Å²) in [6, 6.07) is 10.0. The van der Waals surface area contributed by atoms with Gasteiger partial charge in [-0.25, -0.2) is 4.98 Å². The third-order valence-electron chi connectivity index (χ3n) is 7.30. The summed E-state index contributed by atoms with van der Waals surface area (Å²) in [5, 5.41) is 16.7. The number of nitrogens with zero attached hydrogens (tertiary/aromatic N) is 3. The van der Waals surface area contributed by atoms with Crippen LogP contribution in [0, 0.1) is 19.8 Å². The second kappa shape index (κ2) is 7.27. The number of nitrogens with one attached hydrogen (secondary N) is 1. The molecule has 1 atom stereocenters. The molecule has 2 aliphatic carbocycles. The van der Waals surface area contributed by atoms with E-state index in [1.165, 1.54) is 12.8 Å². The molecule has 6 rings (SSSR count). The van der Waals surface area contributed by atoms with Crippen molar-refractivity contribution in [3.8, 4) is 11.1 Å². The monoisotopic (exact) mass is 428 g/mol. The number of aromatic amines is 1. The van der Waals surface area contributed by atoms with Gasteiger partial charge in [-0.05, 0) is 75.3 Å². The van der Waals surface area contributed by atoms with Crippen LogP contribution in [0.5, 0.6) is 0 Å². The van der Waals surface area contributed by atoms with Crippen molar-refractivity contribution in [2.45, 2.75) is 63.9 Å². The molecule has 2 N–H and O–H groups in total. The highest BCUT2D eigenvalue weighted by Crippen LogP contribution is 2.48. The van der Waals surface area contributed by atoms with E-state index in [9.17, 15) is 5.11 Å². The van der Waals surface area contributed by atoms with Crippen LogP contribution >= 0.6 is 0 Å².